The zero-order valence-corrected chi connectivity index (χ0v) is 9.05. The molecule has 0 amide bonds. The predicted molar refractivity (Wildman–Crippen MR) is 59.8 cm³/mol. The van der Waals surface area contributed by atoms with Crippen LogP contribution < -0.4 is 0 Å². The average molecular weight is 190 g/mol. The molecule has 1 heteroatoms. The van der Waals surface area contributed by atoms with Crippen molar-refractivity contribution in [2.75, 3.05) is 0 Å². The van der Waals surface area contributed by atoms with Gasteiger partial charge in [0, 0.05) is 5.56 Å². The van der Waals surface area contributed by atoms with Crippen LogP contribution in [0.4, 0.5) is 0 Å². The van der Waals surface area contributed by atoms with Crippen LogP contribution in [0.5, 0.6) is 0 Å². The maximum absolute atomic E-state index is 10.9. The largest absolute Gasteiger partial charge is 0.298 e. The van der Waals surface area contributed by atoms with Gasteiger partial charge in [0.25, 0.3) is 0 Å². The van der Waals surface area contributed by atoms with E-state index in [0.29, 0.717) is 0 Å². The fourth-order valence-corrected chi connectivity index (χ4v) is 1.70. The van der Waals surface area contributed by atoms with E-state index in [-0.39, 0.29) is 0 Å². The number of aldehydes is 1. The summed E-state index contributed by atoms with van der Waals surface area (Å²) in [6.07, 6.45) is 5.26. The van der Waals surface area contributed by atoms with E-state index >= 15 is 0 Å². The molecule has 0 N–H and O–H groups in total. The molecule has 0 fully saturated rings. The minimum absolute atomic E-state index is 0.873. The maximum atomic E-state index is 10.9. The van der Waals surface area contributed by atoms with E-state index in [4.69, 9.17) is 0 Å². The minimum atomic E-state index is 0.873. The van der Waals surface area contributed by atoms with Crippen LogP contribution in [0.1, 0.15) is 48.2 Å². The number of aryl methyl sites for hydroxylation is 2. The third-order valence-corrected chi connectivity index (χ3v) is 2.40. The van der Waals surface area contributed by atoms with Crippen LogP contribution in [0.2, 0.25) is 0 Å². The molecule has 0 aliphatic rings. The molecule has 0 radical (unpaired) electrons. The Kier molecular flexibility index (Phi) is 4.37. The predicted octanol–water partition coefficient (Wildman–Crippen LogP) is 3.40. The molecule has 1 nitrogen and oxygen atoms in total. The molecule has 1 rings (SSSR count). The summed E-state index contributed by atoms with van der Waals surface area (Å²) in [6.45, 7) is 4.29. The van der Waals surface area contributed by atoms with E-state index in [1.807, 2.05) is 6.07 Å². The lowest BCUT2D eigenvalue weighted by molar-refractivity contribution is 0.112. The molecule has 0 atom stereocenters. The van der Waals surface area contributed by atoms with Crippen LogP contribution in [-0.2, 0) is 12.8 Å². The van der Waals surface area contributed by atoms with Crippen LogP contribution in [0.25, 0.3) is 0 Å². The summed E-state index contributed by atoms with van der Waals surface area (Å²) in [5, 5.41) is 0. The molecular weight excluding hydrogens is 172 g/mol. The fraction of sp³-hybridized carbons (Fsp3) is 0.462. The van der Waals surface area contributed by atoms with Gasteiger partial charge in [-0.15, -0.1) is 0 Å². The maximum Gasteiger partial charge on any atom is 0.150 e. The standard InChI is InChI=1S/C13H18O/c1-3-5-11-7-8-12(6-4-2)13(9-11)10-14/h7-10H,3-6H2,1-2H3. The van der Waals surface area contributed by atoms with E-state index in [1.165, 1.54) is 11.1 Å². The van der Waals surface area contributed by atoms with Crippen LogP contribution in [0.3, 0.4) is 0 Å². The first-order valence-corrected chi connectivity index (χ1v) is 5.38. The molecular formula is C13H18O. The van der Waals surface area contributed by atoms with Gasteiger partial charge >= 0.3 is 0 Å². The number of hydrogen-bond donors (Lipinski definition) is 0. The van der Waals surface area contributed by atoms with Crippen LogP contribution >= 0.6 is 0 Å². The molecule has 1 aromatic rings. The Labute approximate surface area is 86.1 Å². The van der Waals surface area contributed by atoms with Gasteiger partial charge in [-0.2, -0.15) is 0 Å². The lowest BCUT2D eigenvalue weighted by Gasteiger charge is -2.05. The second-order valence-corrected chi connectivity index (χ2v) is 3.65. The van der Waals surface area contributed by atoms with Gasteiger partial charge in [0.1, 0.15) is 6.29 Å². The molecule has 0 saturated heterocycles. The normalized spacial score (nSPS) is 10.1. The van der Waals surface area contributed by atoms with E-state index in [0.717, 1.165) is 37.5 Å². The van der Waals surface area contributed by atoms with Gasteiger partial charge in [-0.05, 0) is 30.0 Å². The Balaban J connectivity index is 2.92. The zero-order chi connectivity index (χ0) is 10.4. The SMILES string of the molecule is CCCc1ccc(CCC)c(C=O)c1. The highest BCUT2D eigenvalue weighted by atomic mass is 16.1. The van der Waals surface area contributed by atoms with E-state index in [2.05, 4.69) is 26.0 Å². The molecule has 0 aliphatic heterocycles. The lowest BCUT2D eigenvalue weighted by Crippen LogP contribution is -1.94. The number of carbonyl (C=O) groups is 1. The summed E-state index contributed by atoms with van der Waals surface area (Å²) in [5.74, 6) is 0. The summed E-state index contributed by atoms with van der Waals surface area (Å²) in [7, 11) is 0. The van der Waals surface area contributed by atoms with Crippen molar-refractivity contribution < 1.29 is 4.79 Å². The number of rotatable bonds is 5. The Morgan fingerprint density at radius 2 is 1.86 bits per heavy atom. The number of benzene rings is 1. The highest BCUT2D eigenvalue weighted by molar-refractivity contribution is 5.77. The van der Waals surface area contributed by atoms with Crippen molar-refractivity contribution in [1.82, 2.24) is 0 Å². The quantitative estimate of drug-likeness (QED) is 0.650. The Bertz CT molecular complexity index is 302. The summed E-state index contributed by atoms with van der Waals surface area (Å²) >= 11 is 0. The van der Waals surface area contributed by atoms with Gasteiger partial charge in [0.15, 0.2) is 0 Å². The summed E-state index contributed by atoms with van der Waals surface area (Å²) in [6, 6.07) is 6.27. The first kappa shape index (κ1) is 11.0. The molecule has 0 aliphatic carbocycles. The monoisotopic (exact) mass is 190 g/mol. The first-order chi connectivity index (χ1) is 6.81. The van der Waals surface area contributed by atoms with Crippen LogP contribution in [0, 0.1) is 0 Å². The molecule has 1 aromatic carbocycles. The number of hydrogen-bond acceptors (Lipinski definition) is 1. The van der Waals surface area contributed by atoms with Gasteiger partial charge in [-0.3, -0.25) is 4.79 Å². The fourth-order valence-electron chi connectivity index (χ4n) is 1.70. The highest BCUT2D eigenvalue weighted by Crippen LogP contribution is 2.13. The van der Waals surface area contributed by atoms with Gasteiger partial charge in [-0.1, -0.05) is 38.8 Å². The molecule has 0 aromatic heterocycles. The summed E-state index contributed by atoms with van der Waals surface area (Å²) in [4.78, 5) is 10.9. The zero-order valence-electron chi connectivity index (χ0n) is 9.05. The van der Waals surface area contributed by atoms with Crippen LogP contribution in [0.15, 0.2) is 18.2 Å². The van der Waals surface area contributed by atoms with Crippen molar-refractivity contribution in [1.29, 1.82) is 0 Å². The van der Waals surface area contributed by atoms with Gasteiger partial charge in [-0.25, -0.2) is 0 Å². The summed E-state index contributed by atoms with van der Waals surface area (Å²) < 4.78 is 0. The average Bonchev–Trinajstić information content (AvgIpc) is 2.21. The van der Waals surface area contributed by atoms with Crippen molar-refractivity contribution in [3.8, 4) is 0 Å². The molecule has 0 spiro atoms. The van der Waals surface area contributed by atoms with Crippen molar-refractivity contribution in [2.24, 2.45) is 0 Å². The lowest BCUT2D eigenvalue weighted by atomic mass is 9.99. The van der Waals surface area contributed by atoms with E-state index < -0.39 is 0 Å². The molecule has 0 bridgehead atoms. The van der Waals surface area contributed by atoms with Gasteiger partial charge < -0.3 is 0 Å². The second-order valence-electron chi connectivity index (χ2n) is 3.65. The summed E-state index contributed by atoms with van der Waals surface area (Å²) in [5.41, 5.74) is 3.33. The Morgan fingerprint density at radius 3 is 2.43 bits per heavy atom. The molecule has 0 saturated carbocycles. The van der Waals surface area contributed by atoms with E-state index in [1.54, 1.807) is 0 Å². The Hall–Kier alpha value is -1.11. The third-order valence-electron chi connectivity index (χ3n) is 2.40. The van der Waals surface area contributed by atoms with Gasteiger partial charge in [0.05, 0.1) is 0 Å². The second kappa shape index (κ2) is 5.58. The van der Waals surface area contributed by atoms with E-state index in [9.17, 15) is 4.79 Å². The molecule has 76 valence electrons. The van der Waals surface area contributed by atoms with Crippen molar-refractivity contribution in [2.45, 2.75) is 39.5 Å². The number of carbonyl (C=O) groups excluding carboxylic acids is 1. The molecule has 14 heavy (non-hydrogen) atoms. The van der Waals surface area contributed by atoms with Crippen LogP contribution in [-0.4, -0.2) is 6.29 Å². The third kappa shape index (κ3) is 2.69. The van der Waals surface area contributed by atoms with Crippen molar-refractivity contribution in [3.63, 3.8) is 0 Å². The molecule has 0 unspecified atom stereocenters. The minimum Gasteiger partial charge on any atom is -0.298 e. The highest BCUT2D eigenvalue weighted by Gasteiger charge is 2.01. The van der Waals surface area contributed by atoms with Crippen molar-refractivity contribution in [3.05, 3.63) is 34.9 Å². The molecule has 0 heterocycles. The Morgan fingerprint density at radius 1 is 1.14 bits per heavy atom. The van der Waals surface area contributed by atoms with Gasteiger partial charge in [0.2, 0.25) is 0 Å². The first-order valence-electron chi connectivity index (χ1n) is 5.38. The smallest absolute Gasteiger partial charge is 0.150 e. The van der Waals surface area contributed by atoms with Crippen molar-refractivity contribution >= 4 is 6.29 Å². The topological polar surface area (TPSA) is 17.1 Å².